The zero-order chi connectivity index (χ0) is 28.3. The van der Waals surface area contributed by atoms with Crippen molar-refractivity contribution in [3.8, 4) is 6.07 Å². The van der Waals surface area contributed by atoms with Gasteiger partial charge in [-0.15, -0.1) is 0 Å². The van der Waals surface area contributed by atoms with Gasteiger partial charge < -0.3 is 9.74 Å². The molecule has 1 saturated heterocycles. The summed E-state index contributed by atoms with van der Waals surface area (Å²) in [6, 6.07) is 6.41. The minimum Gasteiger partial charge on any atom is -0.374 e. The molecule has 0 radical (unpaired) electrons. The van der Waals surface area contributed by atoms with E-state index in [2.05, 4.69) is 5.16 Å². The van der Waals surface area contributed by atoms with Gasteiger partial charge in [0, 0.05) is 23.1 Å². The largest absolute Gasteiger partial charge is 0.435 e. The number of carbonyl (C=O) groups excluding carboxylic acids is 1. The predicted octanol–water partition coefficient (Wildman–Crippen LogP) is 6.55. The second kappa shape index (κ2) is 9.27. The summed E-state index contributed by atoms with van der Waals surface area (Å²) in [4.78, 5) is 17.1. The molecule has 0 aromatic heterocycles. The molecule has 1 fully saturated rings. The Balaban J connectivity index is 1.60. The molecular weight excluding hydrogens is 573 g/mol. The van der Waals surface area contributed by atoms with Crippen LogP contribution in [0.25, 0.3) is 0 Å². The van der Waals surface area contributed by atoms with E-state index in [1.54, 1.807) is 6.07 Å². The average molecular weight is 586 g/mol. The topological polar surface area (TPSA) is 65.7 Å². The van der Waals surface area contributed by atoms with Crippen LogP contribution in [0.15, 0.2) is 35.5 Å². The molecule has 0 N–H and O–H groups in total. The standard InChI is InChI=1S/C23H13Cl2F8N3O2/c24-15-4-13(5-16(25)19(15)26)21(23(31,32)33)6-17(35-38-21)11-1-2-14(12(3-11)8-34)20(27)9-36(10-20)18(37)7-22(28,29)30/h1-5H,6-7,9-10H2. The van der Waals surface area contributed by atoms with Gasteiger partial charge >= 0.3 is 12.4 Å². The summed E-state index contributed by atoms with van der Waals surface area (Å²) in [5.74, 6) is -2.46. The summed E-state index contributed by atoms with van der Waals surface area (Å²) >= 11 is 11.3. The molecule has 2 heterocycles. The van der Waals surface area contributed by atoms with Gasteiger partial charge in [-0.1, -0.05) is 40.5 Å². The number of rotatable bonds is 4. The molecule has 1 amide bonds. The lowest BCUT2D eigenvalue weighted by molar-refractivity contribution is -0.275. The Morgan fingerprint density at radius 3 is 2.24 bits per heavy atom. The second-order valence-corrected chi connectivity index (χ2v) is 9.58. The Morgan fingerprint density at radius 1 is 1.11 bits per heavy atom. The van der Waals surface area contributed by atoms with Crippen molar-refractivity contribution in [3.63, 3.8) is 0 Å². The minimum absolute atomic E-state index is 0.0383. The van der Waals surface area contributed by atoms with Crippen molar-refractivity contribution >= 4 is 34.8 Å². The first kappa shape index (κ1) is 27.9. The molecule has 5 nitrogen and oxygen atoms in total. The highest BCUT2D eigenvalue weighted by Gasteiger charge is 2.62. The first-order chi connectivity index (χ1) is 17.5. The third-order valence-electron chi connectivity index (χ3n) is 6.18. The van der Waals surface area contributed by atoms with Crippen LogP contribution in [-0.2, 0) is 20.9 Å². The number of likely N-dealkylation sites (tertiary alicyclic amines) is 1. The van der Waals surface area contributed by atoms with Crippen LogP contribution in [0.3, 0.4) is 0 Å². The molecule has 4 rings (SSSR count). The molecule has 2 aromatic carbocycles. The van der Waals surface area contributed by atoms with Crippen LogP contribution in [0.2, 0.25) is 10.0 Å². The first-order valence-electron chi connectivity index (χ1n) is 10.5. The van der Waals surface area contributed by atoms with Gasteiger partial charge in [0.2, 0.25) is 5.91 Å². The zero-order valence-electron chi connectivity index (χ0n) is 18.7. The number of hydrogen-bond donors (Lipinski definition) is 0. The maximum Gasteiger partial charge on any atom is 0.435 e. The van der Waals surface area contributed by atoms with Crippen LogP contribution >= 0.6 is 23.2 Å². The number of oxime groups is 1. The second-order valence-electron chi connectivity index (χ2n) is 8.76. The fraction of sp³-hybridized carbons (Fsp3) is 0.348. The van der Waals surface area contributed by atoms with E-state index in [1.165, 1.54) is 0 Å². The van der Waals surface area contributed by atoms with Gasteiger partial charge in [0.1, 0.15) is 6.42 Å². The summed E-state index contributed by atoms with van der Waals surface area (Å²) in [7, 11) is 0. The molecule has 1 unspecified atom stereocenters. The molecule has 2 aliphatic rings. The normalized spacial score (nSPS) is 20.9. The Labute approximate surface area is 219 Å². The van der Waals surface area contributed by atoms with Crippen LogP contribution < -0.4 is 0 Å². The maximum atomic E-state index is 15.4. The van der Waals surface area contributed by atoms with E-state index >= 15 is 4.39 Å². The van der Waals surface area contributed by atoms with Crippen molar-refractivity contribution in [2.75, 3.05) is 13.1 Å². The predicted molar refractivity (Wildman–Crippen MR) is 118 cm³/mol. The van der Waals surface area contributed by atoms with Crippen LogP contribution in [0.5, 0.6) is 0 Å². The van der Waals surface area contributed by atoms with E-state index in [-0.39, 0.29) is 22.4 Å². The Morgan fingerprint density at radius 2 is 1.71 bits per heavy atom. The summed E-state index contributed by atoms with van der Waals surface area (Å²) in [6.45, 7) is -1.47. The van der Waals surface area contributed by atoms with Crippen molar-refractivity contribution in [2.24, 2.45) is 5.16 Å². The smallest absolute Gasteiger partial charge is 0.374 e. The van der Waals surface area contributed by atoms with Crippen LogP contribution in [0.4, 0.5) is 35.1 Å². The summed E-state index contributed by atoms with van der Waals surface area (Å²) in [5, 5.41) is 11.7. The molecule has 38 heavy (non-hydrogen) atoms. The first-order valence-corrected chi connectivity index (χ1v) is 11.3. The number of amides is 1. The molecule has 1 atom stereocenters. The highest BCUT2D eigenvalue weighted by atomic mass is 35.5. The molecule has 2 aromatic rings. The van der Waals surface area contributed by atoms with Crippen LogP contribution in [0.1, 0.15) is 35.1 Å². The quantitative estimate of drug-likeness (QED) is 0.302. The number of hydrogen-bond acceptors (Lipinski definition) is 4. The van der Waals surface area contributed by atoms with Crippen LogP contribution in [-0.4, -0.2) is 42.0 Å². The van der Waals surface area contributed by atoms with Crippen LogP contribution in [0, 0.1) is 17.1 Å². The fourth-order valence-electron chi connectivity index (χ4n) is 4.24. The minimum atomic E-state index is -5.08. The van der Waals surface area contributed by atoms with E-state index in [0.717, 1.165) is 18.2 Å². The van der Waals surface area contributed by atoms with Crippen molar-refractivity contribution in [3.05, 3.63) is 68.4 Å². The lowest BCUT2D eigenvalue weighted by atomic mass is 9.82. The van der Waals surface area contributed by atoms with E-state index in [9.17, 15) is 40.8 Å². The van der Waals surface area contributed by atoms with Gasteiger partial charge in [-0.2, -0.15) is 31.6 Å². The molecule has 0 aliphatic carbocycles. The van der Waals surface area contributed by atoms with E-state index in [4.69, 9.17) is 28.0 Å². The van der Waals surface area contributed by atoms with Gasteiger partial charge in [0.05, 0.1) is 40.5 Å². The highest BCUT2D eigenvalue weighted by molar-refractivity contribution is 6.35. The summed E-state index contributed by atoms with van der Waals surface area (Å²) in [5.41, 5.74) is -6.96. The molecular formula is C23H13Cl2F8N3O2. The fourth-order valence-corrected chi connectivity index (χ4v) is 4.73. The van der Waals surface area contributed by atoms with Gasteiger partial charge in [-0.3, -0.25) is 4.79 Å². The summed E-state index contributed by atoms with van der Waals surface area (Å²) < 4.78 is 109. The molecule has 202 valence electrons. The van der Waals surface area contributed by atoms with Crippen molar-refractivity contribution in [2.45, 2.75) is 36.5 Å². The number of carbonyl (C=O) groups is 1. The van der Waals surface area contributed by atoms with Crippen molar-refractivity contribution in [1.82, 2.24) is 4.90 Å². The Bertz CT molecular complexity index is 1360. The van der Waals surface area contributed by atoms with Gasteiger partial charge in [0.25, 0.3) is 5.60 Å². The number of benzene rings is 2. The van der Waals surface area contributed by atoms with Gasteiger partial charge in [0.15, 0.2) is 11.5 Å². The van der Waals surface area contributed by atoms with Gasteiger partial charge in [-0.25, -0.2) is 8.78 Å². The number of alkyl halides is 7. The number of halogens is 10. The average Bonchev–Trinajstić information content (AvgIpc) is 3.25. The third kappa shape index (κ3) is 4.87. The van der Waals surface area contributed by atoms with Gasteiger partial charge in [-0.05, 0) is 18.2 Å². The van der Waals surface area contributed by atoms with E-state index in [0.29, 0.717) is 17.0 Å². The SMILES string of the molecule is N#Cc1cc(C2=NOC(c3cc(Cl)c(F)c(Cl)c3)(C(F)(F)F)C2)ccc1C1(F)CN(C(=O)CC(F)(F)F)C1. The highest BCUT2D eigenvalue weighted by Crippen LogP contribution is 2.50. The van der Waals surface area contributed by atoms with E-state index < -0.39 is 76.9 Å². The monoisotopic (exact) mass is 585 g/mol. The van der Waals surface area contributed by atoms with E-state index in [1.807, 2.05) is 0 Å². The third-order valence-corrected chi connectivity index (χ3v) is 6.73. The molecule has 0 spiro atoms. The number of nitrogens with zero attached hydrogens (tertiary/aromatic N) is 3. The molecule has 2 aliphatic heterocycles. The lowest BCUT2D eigenvalue weighted by Crippen LogP contribution is -2.59. The lowest BCUT2D eigenvalue weighted by Gasteiger charge is -2.45. The Kier molecular flexibility index (Phi) is 6.81. The summed E-state index contributed by atoms with van der Waals surface area (Å²) in [6.07, 6.45) is -12.6. The number of nitriles is 1. The molecule has 0 saturated carbocycles. The molecule has 15 heteroatoms. The van der Waals surface area contributed by atoms with Crippen molar-refractivity contribution in [1.29, 1.82) is 5.26 Å². The maximum absolute atomic E-state index is 15.4. The van der Waals surface area contributed by atoms with Crippen molar-refractivity contribution < 1.29 is 44.8 Å². The molecule has 0 bridgehead atoms. The zero-order valence-corrected chi connectivity index (χ0v) is 20.2. The Hall–Kier alpha value is -3.11.